The molecule has 3 aliphatic carbocycles. The van der Waals surface area contributed by atoms with Gasteiger partial charge in [0.15, 0.2) is 0 Å². The lowest BCUT2D eigenvalue weighted by atomic mass is 9.79. The summed E-state index contributed by atoms with van der Waals surface area (Å²) in [5.74, 6) is 6.13. The monoisotopic (exact) mass is 1080 g/mol. The maximum absolute atomic E-state index is 11.3. The van der Waals surface area contributed by atoms with Crippen molar-refractivity contribution in [1.82, 2.24) is 10.6 Å². The first kappa shape index (κ1) is 80.7. The minimum atomic E-state index is -0.159. The van der Waals surface area contributed by atoms with Crippen molar-refractivity contribution in [2.75, 3.05) is 0 Å². The quantitative estimate of drug-likeness (QED) is 0.128. The molecule has 0 bridgehead atoms. The van der Waals surface area contributed by atoms with Crippen LogP contribution in [0.1, 0.15) is 277 Å². The molecule has 8 nitrogen and oxygen atoms in total. The van der Waals surface area contributed by atoms with Gasteiger partial charge in [-0.15, -0.1) is 0 Å². The molecule has 438 valence electrons. The molecule has 0 aromatic heterocycles. The first-order chi connectivity index (χ1) is 33.7. The number of Topliss-reactive ketones (excluding diaryl/α,β-unsaturated/α-hetero) is 6. The second kappa shape index (κ2) is 43.7. The molecule has 0 aromatic rings. The first-order valence-electron chi connectivity index (χ1n) is 29.5. The van der Waals surface area contributed by atoms with Crippen molar-refractivity contribution < 1.29 is 28.8 Å². The SMILES string of the molecule is CC(C)C(=O)C(C)(C)C.CC(C)C(=O)C(C)C.CC(C)C(=O)C1CCC1.CC(C)C(=O)C1CCCC1.CC(C)C(=S)NC(C)(C)C.CC(C)C(=S)NC1CC1.CCC(CC)C(=O)C(C)C.CCCCC(=O)C(C)C. The van der Waals surface area contributed by atoms with Crippen LogP contribution >= 0.6 is 24.4 Å². The number of hydrogen-bond donors (Lipinski definition) is 2. The Hall–Kier alpha value is -2.20. The minimum Gasteiger partial charge on any atom is -0.377 e. The van der Waals surface area contributed by atoms with Crippen LogP contribution in [0.5, 0.6) is 0 Å². The Morgan fingerprint density at radius 2 is 0.824 bits per heavy atom. The van der Waals surface area contributed by atoms with E-state index in [0.717, 1.165) is 73.8 Å². The number of ketones is 6. The number of nitrogens with one attached hydrogen (secondary N) is 2. The highest BCUT2D eigenvalue weighted by Crippen LogP contribution is 2.29. The fourth-order valence-corrected chi connectivity index (χ4v) is 7.76. The van der Waals surface area contributed by atoms with Gasteiger partial charge in [-0.1, -0.05) is 216 Å². The van der Waals surface area contributed by atoms with Crippen LogP contribution < -0.4 is 10.6 Å². The van der Waals surface area contributed by atoms with E-state index in [1.54, 1.807) is 0 Å². The van der Waals surface area contributed by atoms with Gasteiger partial charge in [0.2, 0.25) is 0 Å². The molecule has 3 aliphatic rings. The lowest BCUT2D eigenvalue weighted by molar-refractivity contribution is -0.129. The molecule has 0 heterocycles. The molecule has 3 saturated carbocycles. The van der Waals surface area contributed by atoms with Crippen molar-refractivity contribution in [1.29, 1.82) is 0 Å². The van der Waals surface area contributed by atoms with E-state index in [0.29, 0.717) is 64.3 Å². The molecule has 0 radical (unpaired) electrons. The van der Waals surface area contributed by atoms with Crippen molar-refractivity contribution in [3.63, 3.8) is 0 Å². The summed E-state index contributed by atoms with van der Waals surface area (Å²) in [4.78, 5) is 68.7. The van der Waals surface area contributed by atoms with Crippen LogP contribution in [0.4, 0.5) is 0 Å². The number of rotatable bonds is 18. The van der Waals surface area contributed by atoms with Gasteiger partial charge in [-0.2, -0.15) is 0 Å². The van der Waals surface area contributed by atoms with Gasteiger partial charge in [-0.25, -0.2) is 0 Å². The van der Waals surface area contributed by atoms with Crippen LogP contribution in [-0.2, 0) is 28.8 Å². The smallest absolute Gasteiger partial charge is 0.140 e. The van der Waals surface area contributed by atoms with E-state index in [1.165, 1.54) is 32.1 Å². The highest BCUT2D eigenvalue weighted by atomic mass is 32.1. The van der Waals surface area contributed by atoms with Gasteiger partial charge < -0.3 is 10.6 Å². The molecule has 3 rings (SSSR count). The molecule has 0 aliphatic heterocycles. The lowest BCUT2D eigenvalue weighted by Gasteiger charge is -2.25. The number of unbranched alkanes of at least 4 members (excludes halogenated alkanes) is 1. The summed E-state index contributed by atoms with van der Waals surface area (Å²) in [5, 5.41) is 6.53. The van der Waals surface area contributed by atoms with E-state index in [-0.39, 0.29) is 52.4 Å². The zero-order valence-corrected chi connectivity index (χ0v) is 55.3. The number of thiocarbonyl (C=S) groups is 2. The number of carbonyl (C=O) groups excluding carboxylic acids is 6. The van der Waals surface area contributed by atoms with Crippen LogP contribution in [0.25, 0.3) is 0 Å². The highest BCUT2D eigenvalue weighted by molar-refractivity contribution is 7.80. The van der Waals surface area contributed by atoms with Crippen molar-refractivity contribution >= 4 is 69.1 Å². The third kappa shape index (κ3) is 45.9. The van der Waals surface area contributed by atoms with E-state index >= 15 is 0 Å². The molecule has 0 amide bonds. The average Bonchev–Trinajstić information content (AvgIpc) is 3.91. The Kier molecular flexibility index (Phi) is 47.7. The van der Waals surface area contributed by atoms with Crippen LogP contribution in [0.15, 0.2) is 0 Å². The predicted molar refractivity (Wildman–Crippen MR) is 330 cm³/mol. The number of hydrogen-bond acceptors (Lipinski definition) is 8. The predicted octanol–water partition coefficient (Wildman–Crippen LogP) is 17.7. The standard InChI is InChI=1S/C9H16O.C9H18O.C8H17NS.C8H14O.2C8H16O.C7H13NS.C7H14O/c1-7(2)9(10)8-5-3-4-6-8;1-5-8(6-2)9(10)7(3)4;1-6(2)7(10)9-8(3,4)5;1-6(2)8(9)7-4-3-5-7;1-6(2)7(9)8(3,4)5;1-4-5-6-8(9)7(2)3;1-5(2)7(9)8-6-3-4-6;1-5(2)7(8)6(3)4/h7-8H,3-6H2,1-2H3;7-8H,5-6H2,1-4H3;6H,1-5H3,(H,9,10);6-7H,3-5H2,1-2H3;6H,1-5H3;7H,4-6H2,1-3H3;5-6H,3-4H2,1-2H3,(H,8,9);5-6H,1-4H3. The molecule has 3 fully saturated rings. The first-order valence-corrected chi connectivity index (χ1v) is 30.3. The van der Waals surface area contributed by atoms with Crippen LogP contribution in [0.3, 0.4) is 0 Å². The van der Waals surface area contributed by atoms with Gasteiger partial charge in [-0.3, -0.25) is 28.8 Å². The molecule has 74 heavy (non-hydrogen) atoms. The highest BCUT2D eigenvalue weighted by Gasteiger charge is 2.27. The maximum atomic E-state index is 11.3. The van der Waals surface area contributed by atoms with Gasteiger partial charge in [0.25, 0.3) is 0 Å². The van der Waals surface area contributed by atoms with Gasteiger partial charge in [0.1, 0.15) is 34.7 Å². The van der Waals surface area contributed by atoms with E-state index in [2.05, 4.69) is 79.9 Å². The van der Waals surface area contributed by atoms with Gasteiger partial charge in [-0.05, 0) is 78.6 Å². The third-order valence-electron chi connectivity index (χ3n) is 12.7. The molecule has 10 heteroatoms. The van der Waals surface area contributed by atoms with Gasteiger partial charge in [0.05, 0.1) is 9.98 Å². The zero-order valence-electron chi connectivity index (χ0n) is 53.7. The third-order valence-corrected chi connectivity index (χ3v) is 13.8. The fraction of sp³-hybridized carbons (Fsp3) is 0.875. The normalized spacial score (nSPS) is 14.3. The van der Waals surface area contributed by atoms with Crippen LogP contribution in [0, 0.1) is 76.4 Å². The van der Waals surface area contributed by atoms with Crippen molar-refractivity contribution in [2.24, 2.45) is 76.4 Å². The zero-order chi connectivity index (χ0) is 59.4. The largest absolute Gasteiger partial charge is 0.377 e. The Bertz CT molecular complexity index is 1520. The average molecular weight is 1080 g/mol. The molecule has 0 unspecified atom stereocenters. The summed E-state index contributed by atoms with van der Waals surface area (Å²) in [6.07, 6.45) is 16.0. The Balaban J connectivity index is -0.000000245. The van der Waals surface area contributed by atoms with Crippen molar-refractivity contribution in [3.05, 3.63) is 0 Å². The molecular formula is C64H124N2O6S2. The van der Waals surface area contributed by atoms with E-state index in [4.69, 9.17) is 24.4 Å². The molecule has 0 aromatic carbocycles. The lowest BCUT2D eigenvalue weighted by Crippen LogP contribution is -2.41. The van der Waals surface area contributed by atoms with Crippen molar-refractivity contribution in [2.45, 2.75) is 288 Å². The summed E-state index contributed by atoms with van der Waals surface area (Å²) in [7, 11) is 0. The Labute approximate surface area is 471 Å². The van der Waals surface area contributed by atoms with Gasteiger partial charge in [0, 0.05) is 94.4 Å². The van der Waals surface area contributed by atoms with E-state index < -0.39 is 0 Å². The summed E-state index contributed by atoms with van der Waals surface area (Å²) in [6.45, 7) is 54.3. The second-order valence-electron chi connectivity index (χ2n) is 25.8. The van der Waals surface area contributed by atoms with Crippen LogP contribution in [-0.4, -0.2) is 56.3 Å². The minimum absolute atomic E-state index is 0.112. The van der Waals surface area contributed by atoms with Crippen LogP contribution in [0.2, 0.25) is 0 Å². The van der Waals surface area contributed by atoms with E-state index in [9.17, 15) is 28.8 Å². The summed E-state index contributed by atoms with van der Waals surface area (Å²) in [5.41, 5.74) is -0.0461. The molecule has 0 saturated heterocycles. The number of carbonyl (C=O) groups is 6. The summed E-state index contributed by atoms with van der Waals surface area (Å²) in [6, 6.07) is 0.722. The van der Waals surface area contributed by atoms with E-state index in [1.807, 2.05) is 118 Å². The summed E-state index contributed by atoms with van der Waals surface area (Å²) >= 11 is 10.2. The fourth-order valence-electron chi connectivity index (χ4n) is 7.29. The van der Waals surface area contributed by atoms with Crippen molar-refractivity contribution in [3.8, 4) is 0 Å². The summed E-state index contributed by atoms with van der Waals surface area (Å²) < 4.78 is 0. The maximum Gasteiger partial charge on any atom is 0.140 e. The molecule has 0 atom stereocenters. The Morgan fingerprint density at radius 3 is 0.986 bits per heavy atom. The molecular weight excluding hydrogens is 957 g/mol. The Morgan fingerprint density at radius 1 is 0.459 bits per heavy atom. The second-order valence-corrected chi connectivity index (χ2v) is 26.7. The molecule has 0 spiro atoms. The van der Waals surface area contributed by atoms with Gasteiger partial charge >= 0.3 is 0 Å². The topological polar surface area (TPSA) is 126 Å². The molecule has 2 N–H and O–H groups in total.